The molecule has 1 aromatic rings. The zero-order chi connectivity index (χ0) is 15.5. The molecule has 0 saturated carbocycles. The number of amides is 2. The van der Waals surface area contributed by atoms with E-state index in [1.807, 2.05) is 21.9 Å². The highest BCUT2D eigenvalue weighted by Crippen LogP contribution is 2.32. The molecule has 0 unspecified atom stereocenters. The fourth-order valence-corrected chi connectivity index (χ4v) is 3.37. The molecule has 22 heavy (non-hydrogen) atoms. The van der Waals surface area contributed by atoms with E-state index >= 15 is 0 Å². The van der Waals surface area contributed by atoms with Gasteiger partial charge in [0.15, 0.2) is 0 Å². The summed E-state index contributed by atoms with van der Waals surface area (Å²) in [6.07, 6.45) is 3.14. The van der Waals surface area contributed by atoms with Gasteiger partial charge in [-0.1, -0.05) is 12.1 Å². The van der Waals surface area contributed by atoms with Crippen molar-refractivity contribution in [2.75, 3.05) is 39.8 Å². The summed E-state index contributed by atoms with van der Waals surface area (Å²) in [6, 6.07) is 6.83. The van der Waals surface area contributed by atoms with Crippen LogP contribution in [0.4, 0.5) is 9.18 Å². The topological polar surface area (TPSA) is 26.8 Å². The Morgan fingerprint density at radius 2 is 1.73 bits per heavy atom. The number of hydrogen-bond acceptors (Lipinski definition) is 2. The van der Waals surface area contributed by atoms with Gasteiger partial charge in [-0.15, -0.1) is 0 Å². The number of rotatable bonds is 1. The Morgan fingerprint density at radius 1 is 1.05 bits per heavy atom. The minimum absolute atomic E-state index is 0.0847. The molecule has 0 spiro atoms. The third kappa shape index (κ3) is 3.24. The number of piperazine rings is 1. The molecule has 2 fully saturated rings. The molecule has 0 N–H and O–H groups in total. The summed E-state index contributed by atoms with van der Waals surface area (Å²) in [5.41, 5.74) is 1.04. The summed E-state index contributed by atoms with van der Waals surface area (Å²) in [4.78, 5) is 19.1. The number of likely N-dealkylation sites (tertiary alicyclic amines) is 1. The van der Waals surface area contributed by atoms with Crippen LogP contribution in [0.5, 0.6) is 0 Å². The van der Waals surface area contributed by atoms with Crippen molar-refractivity contribution < 1.29 is 9.18 Å². The van der Waals surface area contributed by atoms with E-state index < -0.39 is 0 Å². The van der Waals surface area contributed by atoms with Crippen LogP contribution in [0.15, 0.2) is 24.3 Å². The predicted octanol–water partition coefficient (Wildman–Crippen LogP) is 2.72. The number of halogens is 1. The van der Waals surface area contributed by atoms with Crippen molar-refractivity contribution in [3.8, 4) is 0 Å². The third-order valence-electron chi connectivity index (χ3n) is 4.78. The standard InChI is InChI=1S/C17H24FN3O/c1-19-10-12-20(13-11-19)17(22)21-9-3-2-4-16(21)14-5-7-15(18)8-6-14/h5-8,16H,2-4,9-13H2,1H3/t16-/m0/s1. The minimum Gasteiger partial charge on any atom is -0.322 e. The highest BCUT2D eigenvalue weighted by atomic mass is 19.1. The molecule has 0 bridgehead atoms. The van der Waals surface area contributed by atoms with Crippen molar-refractivity contribution in [1.29, 1.82) is 0 Å². The van der Waals surface area contributed by atoms with Gasteiger partial charge in [0.25, 0.3) is 0 Å². The molecule has 2 saturated heterocycles. The smallest absolute Gasteiger partial charge is 0.320 e. The van der Waals surface area contributed by atoms with Crippen molar-refractivity contribution in [1.82, 2.24) is 14.7 Å². The predicted molar refractivity (Wildman–Crippen MR) is 84.2 cm³/mol. The first kappa shape index (κ1) is 15.3. The fourth-order valence-electron chi connectivity index (χ4n) is 3.37. The normalized spacial score (nSPS) is 23.6. The molecule has 2 heterocycles. The van der Waals surface area contributed by atoms with E-state index in [0.29, 0.717) is 0 Å². The van der Waals surface area contributed by atoms with Crippen molar-refractivity contribution in [3.63, 3.8) is 0 Å². The Balaban J connectivity index is 1.74. The van der Waals surface area contributed by atoms with Gasteiger partial charge in [0.1, 0.15) is 5.82 Å². The van der Waals surface area contributed by atoms with Gasteiger partial charge in [-0.25, -0.2) is 9.18 Å². The van der Waals surface area contributed by atoms with E-state index in [1.54, 1.807) is 0 Å². The molecule has 1 atom stereocenters. The Labute approximate surface area is 131 Å². The second kappa shape index (κ2) is 6.65. The second-order valence-corrected chi connectivity index (χ2v) is 6.33. The van der Waals surface area contributed by atoms with E-state index in [4.69, 9.17) is 0 Å². The lowest BCUT2D eigenvalue weighted by molar-refractivity contribution is 0.0950. The van der Waals surface area contributed by atoms with Gasteiger partial charge < -0.3 is 14.7 Å². The molecular weight excluding hydrogens is 281 g/mol. The fraction of sp³-hybridized carbons (Fsp3) is 0.588. The number of nitrogens with zero attached hydrogens (tertiary/aromatic N) is 3. The van der Waals surface area contributed by atoms with Crippen LogP contribution in [-0.4, -0.2) is 60.5 Å². The number of carbonyl (C=O) groups is 1. The lowest BCUT2D eigenvalue weighted by atomic mass is 9.95. The quantitative estimate of drug-likeness (QED) is 0.797. The summed E-state index contributed by atoms with van der Waals surface area (Å²) >= 11 is 0. The SMILES string of the molecule is CN1CCN(C(=O)N2CCCC[C@H]2c2ccc(F)cc2)CC1. The molecule has 4 nitrogen and oxygen atoms in total. The van der Waals surface area contributed by atoms with Gasteiger partial charge in [0.2, 0.25) is 0 Å². The van der Waals surface area contributed by atoms with Gasteiger partial charge in [-0.2, -0.15) is 0 Å². The minimum atomic E-state index is -0.225. The summed E-state index contributed by atoms with van der Waals surface area (Å²) in [5, 5.41) is 0. The average Bonchev–Trinajstić information content (AvgIpc) is 2.56. The first-order valence-corrected chi connectivity index (χ1v) is 8.15. The Bertz CT molecular complexity index is 511. The van der Waals surface area contributed by atoms with Gasteiger partial charge >= 0.3 is 6.03 Å². The van der Waals surface area contributed by atoms with Crippen molar-refractivity contribution in [3.05, 3.63) is 35.6 Å². The maximum absolute atomic E-state index is 13.1. The van der Waals surface area contributed by atoms with Crippen LogP contribution in [-0.2, 0) is 0 Å². The summed E-state index contributed by atoms with van der Waals surface area (Å²) in [5.74, 6) is -0.225. The van der Waals surface area contributed by atoms with E-state index in [9.17, 15) is 9.18 Å². The molecule has 120 valence electrons. The highest BCUT2D eigenvalue weighted by Gasteiger charge is 2.31. The van der Waals surface area contributed by atoms with Crippen LogP contribution in [0, 0.1) is 5.82 Å². The molecule has 0 aliphatic carbocycles. The molecule has 1 aromatic carbocycles. The summed E-state index contributed by atoms with van der Waals surface area (Å²) < 4.78 is 13.1. The van der Waals surface area contributed by atoms with Crippen LogP contribution in [0.3, 0.4) is 0 Å². The number of hydrogen-bond donors (Lipinski definition) is 0. The largest absolute Gasteiger partial charge is 0.322 e. The van der Waals surface area contributed by atoms with Gasteiger partial charge in [0, 0.05) is 32.7 Å². The molecule has 2 aliphatic rings. The highest BCUT2D eigenvalue weighted by molar-refractivity contribution is 5.75. The number of likely N-dealkylation sites (N-methyl/N-ethyl adjacent to an activating group) is 1. The summed E-state index contributed by atoms with van der Waals surface area (Å²) in [7, 11) is 2.09. The molecular formula is C17H24FN3O. The van der Waals surface area contributed by atoms with E-state index in [2.05, 4.69) is 11.9 Å². The van der Waals surface area contributed by atoms with Crippen molar-refractivity contribution in [2.24, 2.45) is 0 Å². The van der Waals surface area contributed by atoms with E-state index in [-0.39, 0.29) is 17.9 Å². The number of carbonyl (C=O) groups excluding carboxylic acids is 1. The van der Waals surface area contributed by atoms with Crippen LogP contribution in [0.1, 0.15) is 30.9 Å². The van der Waals surface area contributed by atoms with E-state index in [1.165, 1.54) is 12.1 Å². The van der Waals surface area contributed by atoms with Crippen LogP contribution >= 0.6 is 0 Å². The third-order valence-corrected chi connectivity index (χ3v) is 4.78. The Kier molecular flexibility index (Phi) is 4.62. The first-order chi connectivity index (χ1) is 10.6. The van der Waals surface area contributed by atoms with Gasteiger partial charge in [-0.3, -0.25) is 0 Å². The molecule has 3 rings (SSSR count). The zero-order valence-electron chi connectivity index (χ0n) is 13.2. The lowest BCUT2D eigenvalue weighted by Crippen LogP contribution is -2.53. The maximum atomic E-state index is 13.1. The van der Waals surface area contributed by atoms with E-state index in [0.717, 1.165) is 57.5 Å². The average molecular weight is 305 g/mol. The van der Waals surface area contributed by atoms with Crippen LogP contribution < -0.4 is 0 Å². The molecule has 5 heteroatoms. The number of urea groups is 1. The van der Waals surface area contributed by atoms with Gasteiger partial charge in [-0.05, 0) is 44.0 Å². The van der Waals surface area contributed by atoms with Crippen molar-refractivity contribution >= 4 is 6.03 Å². The number of benzene rings is 1. The van der Waals surface area contributed by atoms with Crippen LogP contribution in [0.25, 0.3) is 0 Å². The van der Waals surface area contributed by atoms with Crippen LogP contribution in [0.2, 0.25) is 0 Å². The molecule has 2 amide bonds. The molecule has 2 aliphatic heterocycles. The van der Waals surface area contributed by atoms with Crippen molar-refractivity contribution in [2.45, 2.75) is 25.3 Å². The molecule has 0 aromatic heterocycles. The lowest BCUT2D eigenvalue weighted by Gasteiger charge is -2.41. The Morgan fingerprint density at radius 3 is 2.41 bits per heavy atom. The molecule has 0 radical (unpaired) electrons. The summed E-state index contributed by atoms with van der Waals surface area (Å²) in [6.45, 7) is 4.25. The van der Waals surface area contributed by atoms with Gasteiger partial charge in [0.05, 0.1) is 6.04 Å². The maximum Gasteiger partial charge on any atom is 0.320 e. The number of piperidine rings is 1. The monoisotopic (exact) mass is 305 g/mol. The second-order valence-electron chi connectivity index (χ2n) is 6.33. The zero-order valence-corrected chi connectivity index (χ0v) is 13.2. The Hall–Kier alpha value is -1.62. The first-order valence-electron chi connectivity index (χ1n) is 8.15.